The smallest absolute Gasteiger partial charge is 0.306 e. The van der Waals surface area contributed by atoms with E-state index in [0.717, 1.165) is 23.3 Å². The number of ketones is 1. The number of nitrogens with one attached hydrogen (secondary N) is 1. The Balaban J connectivity index is 1.26. The zero-order valence-electron chi connectivity index (χ0n) is 17.9. The van der Waals surface area contributed by atoms with Gasteiger partial charge in [0.2, 0.25) is 0 Å². The zero-order chi connectivity index (χ0) is 23.8. The number of carbonyl (C=O) groups is 2. The van der Waals surface area contributed by atoms with E-state index in [1.807, 2.05) is 36.4 Å². The van der Waals surface area contributed by atoms with Crippen molar-refractivity contribution in [3.05, 3.63) is 77.9 Å². The van der Waals surface area contributed by atoms with Crippen molar-refractivity contribution >= 4 is 34.6 Å². The molecule has 4 aromatic rings. The molecule has 1 aliphatic carbocycles. The minimum absolute atomic E-state index is 0.00653. The van der Waals surface area contributed by atoms with Gasteiger partial charge in [-0.15, -0.1) is 0 Å². The van der Waals surface area contributed by atoms with E-state index in [2.05, 4.69) is 10.3 Å². The summed E-state index contributed by atoms with van der Waals surface area (Å²) in [6.07, 6.45) is 1.55. The highest BCUT2D eigenvalue weighted by Gasteiger charge is 2.34. The molecule has 172 valence electrons. The maximum Gasteiger partial charge on any atom is 0.306 e. The fourth-order valence-corrected chi connectivity index (χ4v) is 4.35. The summed E-state index contributed by atoms with van der Waals surface area (Å²) >= 11 is 0. The molecule has 0 radical (unpaired) electrons. The van der Waals surface area contributed by atoms with E-state index in [4.69, 9.17) is 9.52 Å². The van der Waals surface area contributed by atoms with Gasteiger partial charge in [0.05, 0.1) is 5.92 Å². The molecule has 1 fully saturated rings. The summed E-state index contributed by atoms with van der Waals surface area (Å²) < 4.78 is 32.2. The molecule has 1 aromatic heterocycles. The quantitative estimate of drug-likeness (QED) is 0.332. The van der Waals surface area contributed by atoms with Gasteiger partial charge in [-0.1, -0.05) is 36.4 Å². The zero-order valence-corrected chi connectivity index (χ0v) is 17.9. The maximum absolute atomic E-state index is 13.4. The average Bonchev–Trinajstić information content (AvgIpc) is 3.47. The van der Waals surface area contributed by atoms with Gasteiger partial charge in [-0.3, -0.25) is 9.59 Å². The van der Waals surface area contributed by atoms with E-state index in [0.29, 0.717) is 30.5 Å². The highest BCUT2D eigenvalue weighted by molar-refractivity contribution is 5.98. The normalized spacial score (nSPS) is 17.7. The molecule has 1 aliphatic rings. The number of benzene rings is 3. The number of Topliss-reactive ketones (excluding diaryl/α,β-unsaturated/α-hetero) is 1. The summed E-state index contributed by atoms with van der Waals surface area (Å²) in [6, 6.07) is 16.7. The summed E-state index contributed by atoms with van der Waals surface area (Å²) in [5.74, 6) is -3.50. The molecule has 2 unspecified atom stereocenters. The van der Waals surface area contributed by atoms with E-state index in [-0.39, 0.29) is 28.8 Å². The molecule has 0 bridgehead atoms. The second-order valence-corrected chi connectivity index (χ2v) is 8.44. The van der Waals surface area contributed by atoms with Crippen LogP contribution in [0, 0.1) is 23.5 Å². The summed E-state index contributed by atoms with van der Waals surface area (Å²) in [7, 11) is 0. The highest BCUT2D eigenvalue weighted by atomic mass is 19.2. The second kappa shape index (κ2) is 8.70. The van der Waals surface area contributed by atoms with Crippen molar-refractivity contribution < 1.29 is 27.9 Å². The van der Waals surface area contributed by atoms with Crippen molar-refractivity contribution in [3.8, 4) is 11.1 Å². The van der Waals surface area contributed by atoms with Gasteiger partial charge in [-0.2, -0.15) is 4.98 Å². The number of fused-ring (bicyclic) bond motifs is 1. The lowest BCUT2D eigenvalue weighted by Gasteiger charge is -2.10. The van der Waals surface area contributed by atoms with Crippen LogP contribution in [0.2, 0.25) is 0 Å². The standard InChI is InChI=1S/C26H20F2N2O4/c27-20-12-22-23(13-21(20)28)34-26(30-22)29-19-9-7-15(8-10-19)14-1-3-16(4-2-14)24(31)17-5-6-18(11-17)25(32)33/h1-4,7-10,12-13,17-18H,5-6,11H2,(H,29,30)(H,32,33). The molecule has 3 aromatic carbocycles. The number of hydrogen-bond acceptors (Lipinski definition) is 5. The lowest BCUT2D eigenvalue weighted by molar-refractivity contribution is -0.141. The predicted octanol–water partition coefficient (Wildman–Crippen LogP) is 6.20. The van der Waals surface area contributed by atoms with Crippen LogP contribution in [0.15, 0.2) is 65.1 Å². The van der Waals surface area contributed by atoms with Crippen molar-refractivity contribution in [1.82, 2.24) is 4.98 Å². The fourth-order valence-electron chi connectivity index (χ4n) is 4.35. The van der Waals surface area contributed by atoms with Crippen LogP contribution in [0.4, 0.5) is 20.5 Å². The predicted molar refractivity (Wildman–Crippen MR) is 122 cm³/mol. The van der Waals surface area contributed by atoms with Crippen molar-refractivity contribution in [2.24, 2.45) is 11.8 Å². The Morgan fingerprint density at radius 1 is 0.912 bits per heavy atom. The topological polar surface area (TPSA) is 92.4 Å². The number of anilines is 2. The van der Waals surface area contributed by atoms with E-state index >= 15 is 0 Å². The summed E-state index contributed by atoms with van der Waals surface area (Å²) in [6.45, 7) is 0. The summed E-state index contributed by atoms with van der Waals surface area (Å²) in [4.78, 5) is 28.0. The lowest BCUT2D eigenvalue weighted by atomic mass is 9.93. The molecule has 5 rings (SSSR count). The number of oxazole rings is 1. The molecule has 0 spiro atoms. The van der Waals surface area contributed by atoms with Gasteiger partial charge in [0.25, 0.3) is 6.01 Å². The molecule has 1 saturated carbocycles. The van der Waals surface area contributed by atoms with E-state index in [1.165, 1.54) is 0 Å². The van der Waals surface area contributed by atoms with Crippen molar-refractivity contribution in [2.75, 3.05) is 5.32 Å². The first-order valence-corrected chi connectivity index (χ1v) is 10.9. The molecule has 0 aliphatic heterocycles. The number of nitrogens with zero attached hydrogens (tertiary/aromatic N) is 1. The van der Waals surface area contributed by atoms with Crippen molar-refractivity contribution in [1.29, 1.82) is 0 Å². The van der Waals surface area contributed by atoms with Crippen molar-refractivity contribution in [3.63, 3.8) is 0 Å². The van der Waals surface area contributed by atoms with Crippen LogP contribution in [-0.4, -0.2) is 21.8 Å². The van der Waals surface area contributed by atoms with Gasteiger partial charge in [0.1, 0.15) is 5.52 Å². The highest BCUT2D eigenvalue weighted by Crippen LogP contribution is 2.34. The minimum atomic E-state index is -1.00. The SMILES string of the molecule is O=C(O)C1CCC(C(=O)c2ccc(-c3ccc(Nc4nc5cc(F)c(F)cc5o4)cc3)cc2)C1. The number of halogens is 2. The molecule has 1 heterocycles. The number of carbonyl (C=O) groups excluding carboxylic acids is 1. The van der Waals surface area contributed by atoms with Gasteiger partial charge in [-0.25, -0.2) is 8.78 Å². The molecule has 34 heavy (non-hydrogen) atoms. The number of aliphatic carboxylic acids is 1. The third-order valence-corrected chi connectivity index (χ3v) is 6.22. The Bertz CT molecular complexity index is 1340. The van der Waals surface area contributed by atoms with Crippen LogP contribution in [0.3, 0.4) is 0 Å². The first-order valence-electron chi connectivity index (χ1n) is 10.9. The van der Waals surface area contributed by atoms with Crippen LogP contribution in [0.25, 0.3) is 22.2 Å². The van der Waals surface area contributed by atoms with Gasteiger partial charge >= 0.3 is 5.97 Å². The number of aromatic nitrogens is 1. The first-order chi connectivity index (χ1) is 16.4. The molecule has 2 atom stereocenters. The van der Waals surface area contributed by atoms with E-state index < -0.39 is 23.5 Å². The number of carboxylic acid groups (broad SMARTS) is 1. The fraction of sp³-hybridized carbons (Fsp3) is 0.192. The molecule has 0 amide bonds. The van der Waals surface area contributed by atoms with Crippen molar-refractivity contribution in [2.45, 2.75) is 19.3 Å². The van der Waals surface area contributed by atoms with E-state index in [1.54, 1.807) is 12.1 Å². The third kappa shape index (κ3) is 4.26. The Labute approximate surface area is 193 Å². The third-order valence-electron chi connectivity index (χ3n) is 6.22. The van der Waals surface area contributed by atoms with Gasteiger partial charge in [0, 0.05) is 29.3 Å². The lowest BCUT2D eigenvalue weighted by Crippen LogP contribution is -2.14. The molecule has 2 N–H and O–H groups in total. The summed E-state index contributed by atoms with van der Waals surface area (Å²) in [5, 5.41) is 12.1. The molecule has 0 saturated heterocycles. The second-order valence-electron chi connectivity index (χ2n) is 8.44. The average molecular weight is 462 g/mol. The van der Waals surface area contributed by atoms with Crippen LogP contribution in [0.1, 0.15) is 29.6 Å². The summed E-state index contributed by atoms with van der Waals surface area (Å²) in [5.41, 5.74) is 3.47. The number of carboxylic acids is 1. The first kappa shape index (κ1) is 21.8. The Morgan fingerprint density at radius 2 is 1.53 bits per heavy atom. The monoisotopic (exact) mass is 462 g/mol. The van der Waals surface area contributed by atoms with Crippen LogP contribution in [0.5, 0.6) is 0 Å². The molecular formula is C26H20F2N2O4. The van der Waals surface area contributed by atoms with Gasteiger partial charge < -0.3 is 14.8 Å². The molecular weight excluding hydrogens is 442 g/mol. The molecule has 8 heteroatoms. The van der Waals surface area contributed by atoms with E-state index in [9.17, 15) is 18.4 Å². The molecule has 6 nitrogen and oxygen atoms in total. The Hall–Kier alpha value is -4.07. The van der Waals surface area contributed by atoms with Gasteiger partial charge in [0.15, 0.2) is 23.0 Å². The maximum atomic E-state index is 13.4. The Kier molecular flexibility index (Phi) is 5.57. The minimum Gasteiger partial charge on any atom is -0.481 e. The number of hydrogen-bond donors (Lipinski definition) is 2. The van der Waals surface area contributed by atoms with Crippen LogP contribution >= 0.6 is 0 Å². The van der Waals surface area contributed by atoms with Crippen LogP contribution < -0.4 is 5.32 Å². The number of rotatable bonds is 6. The Morgan fingerprint density at radius 3 is 2.18 bits per heavy atom. The largest absolute Gasteiger partial charge is 0.481 e. The van der Waals surface area contributed by atoms with Crippen LogP contribution in [-0.2, 0) is 4.79 Å². The van der Waals surface area contributed by atoms with Gasteiger partial charge in [-0.05, 0) is 42.5 Å².